The number of nitrogens with one attached hydrogen (secondary N) is 5. The van der Waals surface area contributed by atoms with Crippen molar-refractivity contribution in [1.82, 2.24) is 15.3 Å². The Morgan fingerprint density at radius 2 is 1.07 bits per heavy atom. The molecule has 2 amide bonds. The molecule has 8 rings (SSSR count). The summed E-state index contributed by atoms with van der Waals surface area (Å²) in [6, 6.07) is 16.2. The van der Waals surface area contributed by atoms with Crippen LogP contribution in [0.2, 0.25) is 0 Å². The van der Waals surface area contributed by atoms with E-state index in [1.165, 1.54) is 32.1 Å². The van der Waals surface area contributed by atoms with Crippen LogP contribution in [-0.4, -0.2) is 59.4 Å². The van der Waals surface area contributed by atoms with E-state index in [0.717, 1.165) is 81.9 Å². The van der Waals surface area contributed by atoms with Gasteiger partial charge in [0.25, 0.3) is 0 Å². The lowest BCUT2D eigenvalue weighted by Gasteiger charge is -2.23. The molecule has 9 heteroatoms. The minimum Gasteiger partial charge on any atom is -0.352 e. The number of nitrogens with zero attached hydrogens (tertiary/aromatic N) is 2. The van der Waals surface area contributed by atoms with Crippen LogP contribution in [0.15, 0.2) is 58.5 Å². The maximum atomic E-state index is 12.0. The normalized spacial score (nSPS) is 19.8. The summed E-state index contributed by atoms with van der Waals surface area (Å²) in [6.45, 7) is 2.49. The van der Waals surface area contributed by atoms with Gasteiger partial charge in [-0.1, -0.05) is 55.7 Å². The summed E-state index contributed by atoms with van der Waals surface area (Å²) in [4.78, 5) is 40.1. The van der Waals surface area contributed by atoms with E-state index in [-0.39, 0.29) is 24.9 Å². The van der Waals surface area contributed by atoms with Crippen LogP contribution in [0.3, 0.4) is 0 Å². The van der Waals surface area contributed by atoms with Crippen LogP contribution in [0.5, 0.6) is 0 Å². The van der Waals surface area contributed by atoms with Gasteiger partial charge in [0.2, 0.25) is 11.8 Å². The van der Waals surface area contributed by atoms with Gasteiger partial charge in [0.1, 0.15) is 13.1 Å². The van der Waals surface area contributed by atoms with Gasteiger partial charge in [0.15, 0.2) is 0 Å². The largest absolute Gasteiger partial charge is 0.352 e. The fourth-order valence-electron chi connectivity index (χ4n) is 6.90. The standard InChI is InChI=1S/C17H19N3O.C16H18N4O/c21-14-10-18-15(11-6-2-1-3-7-11)17-16(20-14)12-8-4-5-9-13(12)19-17;21-13-9-18-14(10-5-7-17-8-6-10)16-15(20-13)11-3-1-2-4-12(11)19-16/h4-5,8-9,11,19H,1-3,6-7,10H2,(H,20,21);1-4,10,17,19H,5-9H2,(H,20,21). The molecule has 3 aliphatic heterocycles. The second-order valence-electron chi connectivity index (χ2n) is 11.7. The predicted octanol–water partition coefficient (Wildman–Crippen LogP) is 5.40. The molecule has 1 aliphatic carbocycles. The average Bonchev–Trinajstić information content (AvgIpc) is 3.45. The lowest BCUT2D eigenvalue weighted by atomic mass is 9.84. The van der Waals surface area contributed by atoms with Gasteiger partial charge in [0, 0.05) is 33.6 Å². The molecule has 4 aromatic rings. The molecular weight excluding hydrogens is 526 g/mol. The summed E-state index contributed by atoms with van der Waals surface area (Å²) in [7, 11) is 0. The lowest BCUT2D eigenvalue weighted by Crippen LogP contribution is -2.32. The SMILES string of the molecule is O=C1CN=C(C2CCCCC2)c2[nH]c3ccccc3c2N1.O=C1CN=C(C2CCNCC2)c2[nH]c3ccccc3c2N1. The fraction of sp³-hybridized carbons (Fsp3) is 0.394. The van der Waals surface area contributed by atoms with Gasteiger partial charge in [-0.25, -0.2) is 0 Å². The highest BCUT2D eigenvalue weighted by Gasteiger charge is 2.29. The number of aliphatic imine (C=N–C) groups is 2. The third kappa shape index (κ3) is 5.13. The predicted molar refractivity (Wildman–Crippen MR) is 169 cm³/mol. The maximum Gasteiger partial charge on any atom is 0.246 e. The fourth-order valence-corrected chi connectivity index (χ4v) is 6.90. The van der Waals surface area contributed by atoms with E-state index < -0.39 is 0 Å². The van der Waals surface area contributed by atoms with Crippen LogP contribution in [0.1, 0.15) is 56.3 Å². The molecule has 0 atom stereocenters. The van der Waals surface area contributed by atoms with Crippen molar-refractivity contribution in [2.45, 2.75) is 44.9 Å². The number of hydrogen-bond donors (Lipinski definition) is 5. The number of benzene rings is 2. The molecule has 0 unspecified atom stereocenters. The number of rotatable bonds is 2. The van der Waals surface area contributed by atoms with Gasteiger partial charge in [0.05, 0.1) is 34.2 Å². The number of hydrogen-bond acceptors (Lipinski definition) is 5. The molecule has 2 aromatic heterocycles. The highest BCUT2D eigenvalue weighted by molar-refractivity contribution is 6.18. The first-order chi connectivity index (χ1) is 20.7. The molecule has 216 valence electrons. The Morgan fingerprint density at radius 1 is 0.595 bits per heavy atom. The molecule has 0 bridgehead atoms. The number of carbonyl (C=O) groups excluding carboxylic acids is 2. The first-order valence-electron chi connectivity index (χ1n) is 15.3. The molecule has 0 spiro atoms. The minimum absolute atomic E-state index is 0.0215. The quantitative estimate of drug-likeness (QED) is 0.224. The minimum atomic E-state index is -0.0371. The maximum absolute atomic E-state index is 12.0. The number of para-hydroxylation sites is 2. The monoisotopic (exact) mass is 563 g/mol. The van der Waals surface area contributed by atoms with Gasteiger partial charge in [-0.3, -0.25) is 19.6 Å². The zero-order valence-electron chi connectivity index (χ0n) is 23.8. The summed E-state index contributed by atoms with van der Waals surface area (Å²) in [5.41, 5.74) is 8.09. The zero-order chi connectivity index (χ0) is 28.5. The van der Waals surface area contributed by atoms with Crippen LogP contribution >= 0.6 is 0 Å². The molecule has 1 saturated carbocycles. The number of piperidine rings is 1. The number of aromatic amines is 2. The number of aromatic nitrogens is 2. The Labute approximate surface area is 244 Å². The van der Waals surface area contributed by atoms with Gasteiger partial charge in [-0.15, -0.1) is 0 Å². The molecule has 5 N–H and O–H groups in total. The molecule has 42 heavy (non-hydrogen) atoms. The zero-order valence-corrected chi connectivity index (χ0v) is 23.8. The molecule has 1 saturated heterocycles. The molecule has 0 radical (unpaired) electrons. The number of fused-ring (bicyclic) bond motifs is 6. The summed E-state index contributed by atoms with van der Waals surface area (Å²) >= 11 is 0. The van der Waals surface area contributed by atoms with Crippen LogP contribution in [0, 0.1) is 11.8 Å². The van der Waals surface area contributed by atoms with E-state index in [4.69, 9.17) is 0 Å². The Hall–Kier alpha value is -4.24. The van der Waals surface area contributed by atoms with E-state index in [2.05, 4.69) is 48.0 Å². The van der Waals surface area contributed by atoms with E-state index >= 15 is 0 Å². The topological polar surface area (TPSA) is 127 Å². The molecule has 5 heterocycles. The van der Waals surface area contributed by atoms with Crippen LogP contribution < -0.4 is 16.0 Å². The molecule has 9 nitrogen and oxygen atoms in total. The molecular formula is C33H37N7O2. The van der Waals surface area contributed by atoms with E-state index in [1.807, 2.05) is 36.4 Å². The van der Waals surface area contributed by atoms with Crippen LogP contribution in [0.25, 0.3) is 21.8 Å². The smallest absolute Gasteiger partial charge is 0.246 e. The summed E-state index contributed by atoms with van der Waals surface area (Å²) in [5.74, 6) is 0.848. The molecule has 4 aliphatic rings. The van der Waals surface area contributed by atoms with Crippen molar-refractivity contribution in [3.63, 3.8) is 0 Å². The number of anilines is 2. The Morgan fingerprint density at radius 3 is 1.60 bits per heavy atom. The van der Waals surface area contributed by atoms with Crippen molar-refractivity contribution >= 4 is 56.4 Å². The number of H-pyrrole nitrogens is 2. The highest BCUT2D eigenvalue weighted by atomic mass is 16.2. The van der Waals surface area contributed by atoms with Crippen molar-refractivity contribution in [2.75, 3.05) is 36.8 Å². The number of amides is 2. The van der Waals surface area contributed by atoms with Crippen molar-refractivity contribution in [2.24, 2.45) is 21.8 Å². The average molecular weight is 564 g/mol. The van der Waals surface area contributed by atoms with E-state index in [1.54, 1.807) is 0 Å². The van der Waals surface area contributed by atoms with Crippen molar-refractivity contribution in [3.8, 4) is 0 Å². The third-order valence-corrected chi connectivity index (χ3v) is 8.96. The van der Waals surface area contributed by atoms with E-state index in [0.29, 0.717) is 11.8 Å². The Kier molecular flexibility index (Phi) is 7.34. The molecule has 2 fully saturated rings. The lowest BCUT2D eigenvalue weighted by molar-refractivity contribution is -0.115. The first kappa shape index (κ1) is 26.6. The van der Waals surface area contributed by atoms with E-state index in [9.17, 15) is 9.59 Å². The second-order valence-corrected chi connectivity index (χ2v) is 11.7. The number of carbonyl (C=O) groups is 2. The van der Waals surface area contributed by atoms with Gasteiger partial charge >= 0.3 is 0 Å². The van der Waals surface area contributed by atoms with Crippen molar-refractivity contribution < 1.29 is 9.59 Å². The summed E-state index contributed by atoms with van der Waals surface area (Å²) in [5, 5.41) is 11.6. The van der Waals surface area contributed by atoms with Crippen molar-refractivity contribution in [3.05, 3.63) is 59.9 Å². The van der Waals surface area contributed by atoms with Crippen molar-refractivity contribution in [1.29, 1.82) is 0 Å². The summed E-state index contributed by atoms with van der Waals surface area (Å²) in [6.07, 6.45) is 8.36. The Balaban J connectivity index is 0.000000137. The molecule has 2 aromatic carbocycles. The Bertz CT molecular complexity index is 1570. The van der Waals surface area contributed by atoms with Gasteiger partial charge < -0.3 is 25.9 Å². The van der Waals surface area contributed by atoms with Gasteiger partial charge in [-0.2, -0.15) is 0 Å². The van der Waals surface area contributed by atoms with Crippen LogP contribution in [-0.2, 0) is 9.59 Å². The van der Waals surface area contributed by atoms with Gasteiger partial charge in [-0.05, 0) is 50.9 Å². The van der Waals surface area contributed by atoms with Crippen LogP contribution in [0.4, 0.5) is 11.4 Å². The second kappa shape index (κ2) is 11.6. The highest BCUT2D eigenvalue weighted by Crippen LogP contribution is 2.35. The first-order valence-corrected chi connectivity index (χ1v) is 15.3. The summed E-state index contributed by atoms with van der Waals surface area (Å²) < 4.78 is 0. The third-order valence-electron chi connectivity index (χ3n) is 8.96.